The predicted molar refractivity (Wildman–Crippen MR) is 99.1 cm³/mol. The van der Waals surface area contributed by atoms with Crippen LogP contribution in [0.15, 0.2) is 0 Å². The van der Waals surface area contributed by atoms with Crippen LogP contribution in [0.5, 0.6) is 0 Å². The Morgan fingerprint density at radius 2 is 1.36 bits per heavy atom. The van der Waals surface area contributed by atoms with E-state index in [0.29, 0.717) is 6.04 Å². The summed E-state index contributed by atoms with van der Waals surface area (Å²) in [5.41, 5.74) is 0. The quantitative estimate of drug-likeness (QED) is 0.714. The van der Waals surface area contributed by atoms with Crippen LogP contribution in [0.4, 0.5) is 0 Å². The summed E-state index contributed by atoms with van der Waals surface area (Å²) in [4.78, 5) is 25.6. The van der Waals surface area contributed by atoms with Crippen molar-refractivity contribution >= 4 is 11.8 Å². The van der Waals surface area contributed by atoms with Crippen LogP contribution in [0, 0.1) is 11.8 Å². The van der Waals surface area contributed by atoms with Crippen molar-refractivity contribution < 1.29 is 9.59 Å². The lowest BCUT2D eigenvalue weighted by Crippen LogP contribution is -2.54. The van der Waals surface area contributed by atoms with Gasteiger partial charge in [-0.05, 0) is 45.6 Å². The van der Waals surface area contributed by atoms with Crippen LogP contribution in [0.25, 0.3) is 0 Å². The van der Waals surface area contributed by atoms with Gasteiger partial charge in [-0.2, -0.15) is 0 Å². The minimum absolute atomic E-state index is 0.0667. The summed E-state index contributed by atoms with van der Waals surface area (Å²) in [7, 11) is 1.94. The van der Waals surface area contributed by atoms with Gasteiger partial charge in [-0.25, -0.2) is 0 Å². The van der Waals surface area contributed by atoms with E-state index in [1.807, 2.05) is 7.05 Å². The average molecular weight is 350 g/mol. The maximum absolute atomic E-state index is 12.9. The van der Waals surface area contributed by atoms with Crippen molar-refractivity contribution in [3.8, 4) is 0 Å². The van der Waals surface area contributed by atoms with E-state index < -0.39 is 0 Å². The lowest BCUT2D eigenvalue weighted by atomic mass is 9.88. The molecule has 0 saturated heterocycles. The summed E-state index contributed by atoms with van der Waals surface area (Å²) < 4.78 is 0. The van der Waals surface area contributed by atoms with Crippen molar-refractivity contribution in [2.75, 3.05) is 7.05 Å². The Labute approximate surface area is 152 Å². The maximum atomic E-state index is 12.9. The summed E-state index contributed by atoms with van der Waals surface area (Å²) in [6.45, 7) is 0. The third-order valence-electron chi connectivity index (χ3n) is 6.60. The van der Waals surface area contributed by atoms with Gasteiger partial charge in [0.2, 0.25) is 11.8 Å². The van der Waals surface area contributed by atoms with E-state index in [4.69, 9.17) is 0 Å². The molecule has 0 radical (unpaired) electrons. The zero-order valence-corrected chi connectivity index (χ0v) is 15.7. The van der Waals surface area contributed by atoms with Gasteiger partial charge in [-0.15, -0.1) is 0 Å². The van der Waals surface area contributed by atoms with Gasteiger partial charge in [-0.1, -0.05) is 38.5 Å². The monoisotopic (exact) mass is 349 g/mol. The van der Waals surface area contributed by atoms with Crippen LogP contribution in [-0.2, 0) is 9.59 Å². The molecule has 3 rings (SSSR count). The second kappa shape index (κ2) is 9.02. The van der Waals surface area contributed by atoms with E-state index in [1.165, 1.54) is 25.7 Å². The summed E-state index contributed by atoms with van der Waals surface area (Å²) in [5, 5.41) is 9.84. The summed E-state index contributed by atoms with van der Waals surface area (Å²) in [6, 6.07) is 0.474. The van der Waals surface area contributed by atoms with Crippen molar-refractivity contribution in [3.05, 3.63) is 0 Å². The molecule has 142 valence electrons. The number of carbonyl (C=O) groups excluding carboxylic acids is 2. The summed E-state index contributed by atoms with van der Waals surface area (Å²) in [6.07, 6.45) is 13.3. The first-order valence-electron chi connectivity index (χ1n) is 10.5. The first kappa shape index (κ1) is 18.7. The fraction of sp³-hybridized carbons (Fsp3) is 0.900. The minimum Gasteiger partial charge on any atom is -0.353 e. The lowest BCUT2D eigenvalue weighted by molar-refractivity contribution is -0.129. The van der Waals surface area contributed by atoms with Gasteiger partial charge in [0.05, 0.1) is 12.0 Å². The van der Waals surface area contributed by atoms with Crippen LogP contribution in [-0.4, -0.2) is 37.0 Å². The molecule has 5 heteroatoms. The molecular weight excluding hydrogens is 314 g/mol. The SMILES string of the molecule is CNC1CCC(C(=O)NC2CCCCC2)C1NC(=O)C1CCCCC1. The average Bonchev–Trinajstić information content (AvgIpc) is 3.06. The molecule has 0 heterocycles. The molecule has 3 aliphatic carbocycles. The van der Waals surface area contributed by atoms with Crippen LogP contribution in [0.3, 0.4) is 0 Å². The Hall–Kier alpha value is -1.10. The zero-order chi connectivity index (χ0) is 17.6. The van der Waals surface area contributed by atoms with E-state index in [-0.39, 0.29) is 35.7 Å². The third kappa shape index (κ3) is 4.75. The van der Waals surface area contributed by atoms with Crippen LogP contribution in [0.1, 0.15) is 77.0 Å². The van der Waals surface area contributed by atoms with E-state index in [9.17, 15) is 9.59 Å². The predicted octanol–water partition coefficient (Wildman–Crippen LogP) is 2.50. The molecule has 3 saturated carbocycles. The Bertz CT molecular complexity index is 456. The van der Waals surface area contributed by atoms with Crippen molar-refractivity contribution in [3.63, 3.8) is 0 Å². The highest BCUT2D eigenvalue weighted by Gasteiger charge is 2.41. The Morgan fingerprint density at radius 1 is 0.720 bits per heavy atom. The van der Waals surface area contributed by atoms with Gasteiger partial charge in [0, 0.05) is 18.0 Å². The largest absolute Gasteiger partial charge is 0.353 e. The smallest absolute Gasteiger partial charge is 0.225 e. The molecule has 3 atom stereocenters. The van der Waals surface area contributed by atoms with Crippen LogP contribution in [0.2, 0.25) is 0 Å². The van der Waals surface area contributed by atoms with Gasteiger partial charge in [0.15, 0.2) is 0 Å². The first-order valence-corrected chi connectivity index (χ1v) is 10.5. The van der Waals surface area contributed by atoms with Crippen molar-refractivity contribution in [2.24, 2.45) is 11.8 Å². The van der Waals surface area contributed by atoms with Gasteiger partial charge in [0.25, 0.3) is 0 Å². The molecule has 3 N–H and O–H groups in total. The maximum Gasteiger partial charge on any atom is 0.225 e. The van der Waals surface area contributed by atoms with Gasteiger partial charge in [-0.3, -0.25) is 9.59 Å². The number of carbonyl (C=O) groups is 2. The summed E-state index contributed by atoms with van der Waals surface area (Å²) in [5.74, 6) is 0.377. The number of hydrogen-bond donors (Lipinski definition) is 3. The molecule has 5 nitrogen and oxygen atoms in total. The molecule has 0 aromatic heterocycles. The Morgan fingerprint density at radius 3 is 2.00 bits per heavy atom. The van der Waals surface area contributed by atoms with E-state index in [2.05, 4.69) is 16.0 Å². The fourth-order valence-corrected chi connectivity index (χ4v) is 5.02. The zero-order valence-electron chi connectivity index (χ0n) is 15.7. The molecule has 25 heavy (non-hydrogen) atoms. The van der Waals surface area contributed by atoms with E-state index in [0.717, 1.165) is 51.4 Å². The minimum atomic E-state index is -0.0908. The number of hydrogen-bond acceptors (Lipinski definition) is 3. The highest BCUT2D eigenvalue weighted by molar-refractivity contribution is 5.83. The highest BCUT2D eigenvalue weighted by atomic mass is 16.2. The van der Waals surface area contributed by atoms with Gasteiger partial charge >= 0.3 is 0 Å². The number of nitrogens with one attached hydrogen (secondary N) is 3. The molecule has 3 aliphatic rings. The van der Waals surface area contributed by atoms with Crippen molar-refractivity contribution in [1.82, 2.24) is 16.0 Å². The fourth-order valence-electron chi connectivity index (χ4n) is 5.02. The number of likely N-dealkylation sites (N-methyl/N-ethyl adjacent to an activating group) is 1. The molecule has 0 aliphatic heterocycles. The van der Waals surface area contributed by atoms with E-state index >= 15 is 0 Å². The molecular formula is C20H35N3O2. The van der Waals surface area contributed by atoms with Crippen molar-refractivity contribution in [1.29, 1.82) is 0 Å². The molecule has 3 fully saturated rings. The first-order chi connectivity index (χ1) is 12.2. The topological polar surface area (TPSA) is 70.2 Å². The van der Waals surface area contributed by atoms with Crippen LogP contribution >= 0.6 is 0 Å². The Balaban J connectivity index is 1.59. The normalized spacial score (nSPS) is 31.6. The highest BCUT2D eigenvalue weighted by Crippen LogP contribution is 2.29. The molecule has 3 unspecified atom stereocenters. The lowest BCUT2D eigenvalue weighted by Gasteiger charge is -2.30. The standard InChI is InChI=1S/C20H35N3O2/c1-21-17-13-12-16(20(25)22-15-10-6-3-7-11-15)18(17)23-19(24)14-8-4-2-5-9-14/h14-18,21H,2-13H2,1H3,(H,22,25)(H,23,24). The molecule has 0 aromatic carbocycles. The molecule has 0 aromatic rings. The van der Waals surface area contributed by atoms with E-state index in [1.54, 1.807) is 0 Å². The molecule has 0 spiro atoms. The number of rotatable bonds is 5. The summed E-state index contributed by atoms with van der Waals surface area (Å²) >= 11 is 0. The number of amides is 2. The Kier molecular flexibility index (Phi) is 6.74. The molecule has 0 bridgehead atoms. The van der Waals surface area contributed by atoms with Crippen LogP contribution < -0.4 is 16.0 Å². The van der Waals surface area contributed by atoms with Gasteiger partial charge < -0.3 is 16.0 Å². The molecule has 2 amide bonds. The van der Waals surface area contributed by atoms with Crippen molar-refractivity contribution in [2.45, 2.75) is 95.2 Å². The second-order valence-electron chi connectivity index (χ2n) is 8.29. The van der Waals surface area contributed by atoms with Gasteiger partial charge in [0.1, 0.15) is 0 Å². The second-order valence-corrected chi connectivity index (χ2v) is 8.29. The third-order valence-corrected chi connectivity index (χ3v) is 6.60.